The second-order valence-electron chi connectivity index (χ2n) is 8.83. The van der Waals surface area contributed by atoms with Crippen LogP contribution in [0.4, 0.5) is 16.2 Å². The van der Waals surface area contributed by atoms with Crippen molar-refractivity contribution in [1.29, 1.82) is 0 Å². The number of tetrazole rings is 1. The van der Waals surface area contributed by atoms with Gasteiger partial charge in [-0.15, -0.1) is 5.10 Å². The number of amides is 2. The lowest BCUT2D eigenvalue weighted by Gasteiger charge is -2.16. The monoisotopic (exact) mass is 559 g/mol. The molecule has 5 rings (SSSR count). The van der Waals surface area contributed by atoms with E-state index in [9.17, 15) is 9.59 Å². The standard InChI is InChI=1S/C27H26ClN9O3/c1-40-27(39)32-19-8-9-20-22(14-19)29-12-4-2-3-5-21(26-30-15-23(20)34-26)33-25(38)11-6-17-13-18(28)7-10-24(17)37-16-31-35-36-37/h2-3,6-11,13-16,21,29H,4-5,12H2,1H3,(H,30,34)(H,32,39)(H,33,38). The maximum atomic E-state index is 13.0. The van der Waals surface area contributed by atoms with Gasteiger partial charge in [0.25, 0.3) is 0 Å². The minimum atomic E-state index is -0.547. The number of rotatable bonds is 5. The van der Waals surface area contributed by atoms with Crippen LogP contribution in [-0.2, 0) is 9.53 Å². The van der Waals surface area contributed by atoms with Gasteiger partial charge in [-0.2, -0.15) is 4.68 Å². The minimum absolute atomic E-state index is 0.299. The molecule has 40 heavy (non-hydrogen) atoms. The van der Waals surface area contributed by atoms with Crippen molar-refractivity contribution in [3.63, 3.8) is 0 Å². The Labute approximate surface area is 234 Å². The number of benzene rings is 2. The summed E-state index contributed by atoms with van der Waals surface area (Å²) in [7, 11) is 1.32. The fourth-order valence-corrected chi connectivity index (χ4v) is 4.41. The SMILES string of the molecule is COC(=O)Nc1ccc2c(c1)NCCC=CCC(NC(=O)C=Cc1cc(Cl)ccc1-n1cnnn1)c1ncc-2[nH]1. The number of aromatic amines is 1. The number of carbonyl (C=O) groups is 2. The summed E-state index contributed by atoms with van der Waals surface area (Å²) in [4.78, 5) is 32.6. The van der Waals surface area contributed by atoms with Crippen molar-refractivity contribution in [2.75, 3.05) is 24.3 Å². The number of hydrogen-bond acceptors (Lipinski definition) is 8. The van der Waals surface area contributed by atoms with Gasteiger partial charge in [0.2, 0.25) is 5.91 Å². The summed E-state index contributed by atoms with van der Waals surface area (Å²) in [5.74, 6) is 0.313. The number of anilines is 2. The Bertz CT molecular complexity index is 1560. The molecule has 13 heteroatoms. The molecule has 4 N–H and O–H groups in total. The third-order valence-electron chi connectivity index (χ3n) is 6.15. The number of ether oxygens (including phenoxy) is 1. The zero-order chi connectivity index (χ0) is 27.9. The molecule has 1 aliphatic rings. The summed E-state index contributed by atoms with van der Waals surface area (Å²) < 4.78 is 6.19. The van der Waals surface area contributed by atoms with Crippen molar-refractivity contribution in [1.82, 2.24) is 35.5 Å². The molecule has 0 radical (unpaired) electrons. The number of halogens is 1. The first-order chi connectivity index (χ1) is 19.5. The van der Waals surface area contributed by atoms with E-state index in [2.05, 4.69) is 41.4 Å². The second-order valence-corrected chi connectivity index (χ2v) is 9.27. The lowest BCUT2D eigenvalue weighted by atomic mass is 10.1. The molecule has 4 aromatic rings. The van der Waals surface area contributed by atoms with Gasteiger partial charge in [-0.05, 0) is 65.7 Å². The highest BCUT2D eigenvalue weighted by molar-refractivity contribution is 6.30. The van der Waals surface area contributed by atoms with Crippen molar-refractivity contribution < 1.29 is 14.3 Å². The fourth-order valence-electron chi connectivity index (χ4n) is 4.23. The summed E-state index contributed by atoms with van der Waals surface area (Å²) in [5.41, 5.74) is 4.42. The van der Waals surface area contributed by atoms with Crippen LogP contribution in [0.3, 0.4) is 0 Å². The molecule has 0 saturated heterocycles. The van der Waals surface area contributed by atoms with E-state index < -0.39 is 12.1 Å². The predicted molar refractivity (Wildman–Crippen MR) is 151 cm³/mol. The fraction of sp³-hybridized carbons (Fsp3) is 0.185. The van der Waals surface area contributed by atoms with E-state index in [1.807, 2.05) is 24.3 Å². The third kappa shape index (κ3) is 6.35. The molecule has 2 amide bonds. The number of methoxy groups -OCH3 is 1. The maximum Gasteiger partial charge on any atom is 0.411 e. The largest absolute Gasteiger partial charge is 0.453 e. The molecule has 12 nitrogen and oxygen atoms in total. The lowest BCUT2D eigenvalue weighted by molar-refractivity contribution is -0.117. The smallest absolute Gasteiger partial charge is 0.411 e. The highest BCUT2D eigenvalue weighted by Gasteiger charge is 2.18. The number of hydrogen-bond donors (Lipinski definition) is 4. The normalized spacial score (nSPS) is 14.9. The molecule has 1 unspecified atom stereocenters. The first-order valence-electron chi connectivity index (χ1n) is 12.4. The van der Waals surface area contributed by atoms with Crippen LogP contribution in [-0.4, -0.2) is 55.8 Å². The van der Waals surface area contributed by atoms with Gasteiger partial charge in [-0.25, -0.2) is 9.78 Å². The molecule has 0 saturated carbocycles. The Morgan fingerprint density at radius 2 is 2.10 bits per heavy atom. The van der Waals surface area contributed by atoms with E-state index in [4.69, 9.17) is 16.3 Å². The van der Waals surface area contributed by atoms with Crippen molar-refractivity contribution >= 4 is 41.1 Å². The summed E-state index contributed by atoms with van der Waals surface area (Å²) in [6.45, 7) is 0.676. The van der Waals surface area contributed by atoms with Crippen molar-refractivity contribution in [2.24, 2.45) is 0 Å². The van der Waals surface area contributed by atoms with Gasteiger partial charge in [0, 0.05) is 40.1 Å². The average molecular weight is 560 g/mol. The number of imidazole rings is 1. The number of nitrogens with one attached hydrogen (secondary N) is 4. The predicted octanol–water partition coefficient (Wildman–Crippen LogP) is 4.52. The van der Waals surface area contributed by atoms with Crippen LogP contribution in [0, 0.1) is 0 Å². The lowest BCUT2D eigenvalue weighted by Crippen LogP contribution is -2.27. The molecule has 0 spiro atoms. The Balaban J connectivity index is 1.37. The van der Waals surface area contributed by atoms with Crippen LogP contribution in [0.15, 0.2) is 67.2 Å². The number of H-pyrrole nitrogens is 1. The van der Waals surface area contributed by atoms with E-state index in [-0.39, 0.29) is 5.91 Å². The van der Waals surface area contributed by atoms with Crippen molar-refractivity contribution in [2.45, 2.75) is 18.9 Å². The zero-order valence-electron chi connectivity index (χ0n) is 21.5. The Kier molecular flexibility index (Phi) is 8.16. The number of carbonyl (C=O) groups excluding carboxylic acids is 2. The Morgan fingerprint density at radius 3 is 2.92 bits per heavy atom. The third-order valence-corrected chi connectivity index (χ3v) is 6.38. The van der Waals surface area contributed by atoms with E-state index in [0.717, 1.165) is 23.4 Å². The van der Waals surface area contributed by atoms with Crippen LogP contribution in [0.5, 0.6) is 0 Å². The van der Waals surface area contributed by atoms with Gasteiger partial charge in [-0.3, -0.25) is 10.1 Å². The molecular weight excluding hydrogens is 534 g/mol. The van der Waals surface area contributed by atoms with Gasteiger partial charge in [0.15, 0.2) is 0 Å². The Hall–Kier alpha value is -4.97. The van der Waals surface area contributed by atoms with Crippen LogP contribution in [0.1, 0.15) is 30.3 Å². The van der Waals surface area contributed by atoms with Gasteiger partial charge in [-0.1, -0.05) is 23.8 Å². The van der Waals surface area contributed by atoms with E-state index >= 15 is 0 Å². The second kappa shape index (κ2) is 12.3. The maximum absolute atomic E-state index is 13.0. The number of fused-ring (bicyclic) bond motifs is 4. The van der Waals surface area contributed by atoms with Gasteiger partial charge in [0.1, 0.15) is 12.2 Å². The zero-order valence-corrected chi connectivity index (χ0v) is 22.2. The molecule has 2 bridgehead atoms. The van der Waals surface area contributed by atoms with E-state index in [0.29, 0.717) is 40.8 Å². The molecule has 2 aromatic carbocycles. The summed E-state index contributed by atoms with van der Waals surface area (Å²) in [5, 5.41) is 20.9. The van der Waals surface area contributed by atoms with Gasteiger partial charge in [0.05, 0.1) is 30.7 Å². The van der Waals surface area contributed by atoms with Gasteiger partial charge >= 0.3 is 6.09 Å². The van der Waals surface area contributed by atoms with E-state index in [1.54, 1.807) is 36.5 Å². The quantitative estimate of drug-likeness (QED) is 0.206. The molecular formula is C27H26ClN9O3. The van der Waals surface area contributed by atoms with Crippen LogP contribution in [0.25, 0.3) is 23.0 Å². The number of aromatic nitrogens is 6. The topological polar surface area (TPSA) is 152 Å². The van der Waals surface area contributed by atoms with Gasteiger partial charge < -0.3 is 20.4 Å². The molecule has 2 aromatic heterocycles. The minimum Gasteiger partial charge on any atom is -0.453 e. The molecule has 204 valence electrons. The summed E-state index contributed by atoms with van der Waals surface area (Å²) >= 11 is 6.19. The van der Waals surface area contributed by atoms with Crippen LogP contribution < -0.4 is 16.0 Å². The molecule has 1 aliphatic heterocycles. The first kappa shape index (κ1) is 26.6. The van der Waals surface area contributed by atoms with Crippen molar-refractivity contribution in [3.05, 3.63) is 83.6 Å². The average Bonchev–Trinajstić information content (AvgIpc) is 3.66. The number of nitrogens with zero attached hydrogens (tertiary/aromatic N) is 5. The van der Waals surface area contributed by atoms with Crippen molar-refractivity contribution in [3.8, 4) is 16.9 Å². The Morgan fingerprint density at radius 1 is 1.20 bits per heavy atom. The highest BCUT2D eigenvalue weighted by atomic mass is 35.5. The highest BCUT2D eigenvalue weighted by Crippen LogP contribution is 2.31. The molecule has 0 fully saturated rings. The molecule has 1 atom stereocenters. The first-order valence-corrected chi connectivity index (χ1v) is 12.8. The van der Waals surface area contributed by atoms with Crippen LogP contribution in [0.2, 0.25) is 5.02 Å². The van der Waals surface area contributed by atoms with Crippen LogP contribution >= 0.6 is 11.6 Å². The molecule has 3 heterocycles. The van der Waals surface area contributed by atoms with E-state index in [1.165, 1.54) is 24.2 Å². The molecule has 0 aliphatic carbocycles. The summed E-state index contributed by atoms with van der Waals surface area (Å²) in [6, 6.07) is 10.4. The summed E-state index contributed by atoms with van der Waals surface area (Å²) in [6.07, 6.45) is 11.1.